The standard InChI is InChI=1S/C14H15N3O3S/c1-17(2)13-7-3-11(4-8-13)15-16-12-5-9-14(10-6-12)21-20-19-18/h3-10,18H,1-2H3/b16-15+. The van der Waals surface area contributed by atoms with E-state index < -0.39 is 0 Å². The molecule has 0 saturated heterocycles. The molecule has 110 valence electrons. The van der Waals surface area contributed by atoms with Crippen molar-refractivity contribution in [3.8, 4) is 0 Å². The van der Waals surface area contributed by atoms with Crippen molar-refractivity contribution in [2.45, 2.75) is 4.90 Å². The molecule has 0 aliphatic rings. The van der Waals surface area contributed by atoms with E-state index >= 15 is 0 Å². The van der Waals surface area contributed by atoms with Crippen molar-refractivity contribution in [1.82, 2.24) is 0 Å². The van der Waals surface area contributed by atoms with Crippen LogP contribution in [0.25, 0.3) is 0 Å². The third-order valence-corrected chi connectivity index (χ3v) is 3.24. The smallest absolute Gasteiger partial charge is 0.0858 e. The zero-order valence-electron chi connectivity index (χ0n) is 11.6. The van der Waals surface area contributed by atoms with E-state index in [2.05, 4.69) is 19.6 Å². The molecule has 0 fully saturated rings. The maximum absolute atomic E-state index is 8.07. The van der Waals surface area contributed by atoms with Gasteiger partial charge in [-0.15, -0.1) is 4.33 Å². The van der Waals surface area contributed by atoms with Gasteiger partial charge >= 0.3 is 0 Å². The minimum atomic E-state index is 0.723. The molecule has 1 N–H and O–H groups in total. The van der Waals surface area contributed by atoms with Crippen LogP contribution in [0.2, 0.25) is 0 Å². The second-order valence-corrected chi connectivity index (χ2v) is 5.10. The lowest BCUT2D eigenvalue weighted by Crippen LogP contribution is -2.07. The van der Waals surface area contributed by atoms with Gasteiger partial charge in [0.2, 0.25) is 0 Å². The fourth-order valence-electron chi connectivity index (χ4n) is 1.56. The molecular formula is C14H15N3O3S. The minimum Gasteiger partial charge on any atom is -0.378 e. The van der Waals surface area contributed by atoms with Crippen molar-refractivity contribution in [3.05, 3.63) is 48.5 Å². The van der Waals surface area contributed by atoms with E-state index in [1.807, 2.05) is 43.3 Å². The number of rotatable bonds is 6. The van der Waals surface area contributed by atoms with Crippen LogP contribution in [0.1, 0.15) is 0 Å². The van der Waals surface area contributed by atoms with E-state index in [1.54, 1.807) is 24.3 Å². The largest absolute Gasteiger partial charge is 0.378 e. The highest BCUT2D eigenvalue weighted by Gasteiger charge is 1.97. The summed E-state index contributed by atoms with van der Waals surface area (Å²) in [5.74, 6) is 0. The maximum Gasteiger partial charge on any atom is 0.0858 e. The van der Waals surface area contributed by atoms with E-state index in [1.165, 1.54) is 0 Å². The number of nitrogens with zero attached hydrogens (tertiary/aromatic N) is 3. The molecule has 0 aromatic heterocycles. The molecule has 2 aromatic carbocycles. The van der Waals surface area contributed by atoms with Crippen LogP contribution in [0.5, 0.6) is 0 Å². The van der Waals surface area contributed by atoms with Crippen molar-refractivity contribution in [1.29, 1.82) is 0 Å². The highest BCUT2D eigenvalue weighted by atomic mass is 32.2. The summed E-state index contributed by atoms with van der Waals surface area (Å²) in [6.45, 7) is 0. The van der Waals surface area contributed by atoms with Gasteiger partial charge < -0.3 is 4.90 Å². The number of anilines is 1. The molecule has 0 aliphatic heterocycles. The molecule has 0 atom stereocenters. The molecule has 0 bridgehead atoms. The number of hydrogen-bond donors (Lipinski definition) is 1. The summed E-state index contributed by atoms with van der Waals surface area (Å²) in [4.78, 5) is 2.80. The summed E-state index contributed by atoms with van der Waals surface area (Å²) in [5.41, 5.74) is 2.62. The van der Waals surface area contributed by atoms with Gasteiger partial charge in [0.15, 0.2) is 0 Å². The van der Waals surface area contributed by atoms with E-state index in [0.717, 1.165) is 34.0 Å². The third-order valence-electron chi connectivity index (χ3n) is 2.64. The highest BCUT2D eigenvalue weighted by molar-refractivity contribution is 7.94. The highest BCUT2D eigenvalue weighted by Crippen LogP contribution is 2.24. The van der Waals surface area contributed by atoms with Gasteiger partial charge in [-0.3, -0.25) is 0 Å². The molecule has 0 heterocycles. The Morgan fingerprint density at radius 1 is 0.905 bits per heavy atom. The first-order chi connectivity index (χ1) is 10.2. The Morgan fingerprint density at radius 3 is 1.90 bits per heavy atom. The van der Waals surface area contributed by atoms with Crippen LogP contribution in [0, 0.1) is 0 Å². The summed E-state index contributed by atoms with van der Waals surface area (Å²) >= 11 is 0.899. The van der Waals surface area contributed by atoms with Crippen LogP contribution < -0.4 is 4.90 Å². The van der Waals surface area contributed by atoms with E-state index in [9.17, 15) is 0 Å². The Balaban J connectivity index is 2.00. The molecule has 2 rings (SSSR count). The molecule has 0 aliphatic carbocycles. The van der Waals surface area contributed by atoms with E-state index in [4.69, 9.17) is 5.26 Å². The average Bonchev–Trinajstić information content (AvgIpc) is 2.52. The lowest BCUT2D eigenvalue weighted by Gasteiger charge is -2.11. The average molecular weight is 305 g/mol. The van der Waals surface area contributed by atoms with Crippen LogP contribution in [-0.4, -0.2) is 19.4 Å². The molecule has 0 unspecified atom stereocenters. The Hall–Kier alpha value is -1.93. The van der Waals surface area contributed by atoms with Gasteiger partial charge in [0, 0.05) is 24.7 Å². The van der Waals surface area contributed by atoms with Crippen molar-refractivity contribution in [2.24, 2.45) is 10.2 Å². The van der Waals surface area contributed by atoms with Gasteiger partial charge in [-0.25, -0.2) is 5.26 Å². The normalized spacial score (nSPS) is 11.0. The van der Waals surface area contributed by atoms with Crippen molar-refractivity contribution >= 4 is 29.1 Å². The van der Waals surface area contributed by atoms with Gasteiger partial charge in [-0.2, -0.15) is 10.2 Å². The predicted octanol–water partition coefficient (Wildman–Crippen LogP) is 4.60. The molecule has 0 spiro atoms. The maximum atomic E-state index is 8.07. The molecule has 0 radical (unpaired) electrons. The molecule has 21 heavy (non-hydrogen) atoms. The topological polar surface area (TPSA) is 66.7 Å². The first kappa shape index (κ1) is 15.5. The zero-order valence-corrected chi connectivity index (χ0v) is 12.4. The Morgan fingerprint density at radius 2 is 1.43 bits per heavy atom. The number of azo groups is 1. The van der Waals surface area contributed by atoms with Crippen molar-refractivity contribution in [3.63, 3.8) is 0 Å². The summed E-state index contributed by atoms with van der Waals surface area (Å²) < 4.78 is 4.33. The lowest BCUT2D eigenvalue weighted by molar-refractivity contribution is -0.432. The second-order valence-electron chi connectivity index (χ2n) is 4.33. The Bertz CT molecular complexity index is 585. The SMILES string of the molecule is CN(C)c1ccc(/N=N/c2ccc(SOOO)cc2)cc1. The van der Waals surface area contributed by atoms with Gasteiger partial charge in [0.05, 0.1) is 23.4 Å². The summed E-state index contributed by atoms with van der Waals surface area (Å²) in [6, 6.07) is 15.0. The molecule has 2 aromatic rings. The quantitative estimate of drug-likeness (QED) is 0.366. The van der Waals surface area contributed by atoms with E-state index in [0.29, 0.717) is 0 Å². The fourth-order valence-corrected chi connectivity index (χ4v) is 1.91. The van der Waals surface area contributed by atoms with E-state index in [-0.39, 0.29) is 0 Å². The third kappa shape index (κ3) is 4.83. The monoisotopic (exact) mass is 305 g/mol. The first-order valence-corrected chi connectivity index (χ1v) is 6.87. The summed E-state index contributed by atoms with van der Waals surface area (Å²) in [6.07, 6.45) is 0. The van der Waals surface area contributed by atoms with Gasteiger partial charge in [0.25, 0.3) is 0 Å². The Labute approximate surface area is 127 Å². The molecule has 0 amide bonds. The molecular weight excluding hydrogens is 290 g/mol. The van der Waals surface area contributed by atoms with Gasteiger partial charge in [-0.05, 0) is 48.5 Å². The summed E-state index contributed by atoms with van der Waals surface area (Å²) in [7, 11) is 3.98. The minimum absolute atomic E-state index is 0.723. The number of hydrogen-bond acceptors (Lipinski definition) is 7. The van der Waals surface area contributed by atoms with Gasteiger partial charge in [0.1, 0.15) is 0 Å². The lowest BCUT2D eigenvalue weighted by atomic mass is 10.3. The molecule has 7 heteroatoms. The van der Waals surface area contributed by atoms with Crippen LogP contribution >= 0.6 is 12.0 Å². The Kier molecular flexibility index (Phi) is 5.70. The second kappa shape index (κ2) is 7.75. The van der Waals surface area contributed by atoms with Crippen LogP contribution in [-0.2, 0) is 9.37 Å². The molecule has 6 nitrogen and oxygen atoms in total. The van der Waals surface area contributed by atoms with Crippen LogP contribution in [0.15, 0.2) is 63.7 Å². The van der Waals surface area contributed by atoms with Crippen LogP contribution in [0.4, 0.5) is 17.1 Å². The fraction of sp³-hybridized carbons (Fsp3) is 0.143. The van der Waals surface area contributed by atoms with Gasteiger partial charge in [-0.1, -0.05) is 5.04 Å². The summed E-state index contributed by atoms with van der Waals surface area (Å²) in [5, 5.41) is 19.9. The van der Waals surface area contributed by atoms with Crippen molar-refractivity contribution in [2.75, 3.05) is 19.0 Å². The molecule has 0 saturated carbocycles. The predicted molar refractivity (Wildman–Crippen MR) is 82.0 cm³/mol. The van der Waals surface area contributed by atoms with Crippen LogP contribution in [0.3, 0.4) is 0 Å². The first-order valence-electron chi connectivity index (χ1n) is 6.13. The zero-order chi connectivity index (χ0) is 15.1. The number of benzene rings is 2. The van der Waals surface area contributed by atoms with Crippen molar-refractivity contribution < 1.29 is 14.6 Å².